The van der Waals surface area contributed by atoms with E-state index in [1.807, 2.05) is 24.3 Å². The number of rotatable bonds is 7. The van der Waals surface area contributed by atoms with Gasteiger partial charge in [-0.05, 0) is 71.2 Å². The molecule has 0 radical (unpaired) electrons. The predicted octanol–water partition coefficient (Wildman–Crippen LogP) is 3.85. The van der Waals surface area contributed by atoms with Gasteiger partial charge in [-0.3, -0.25) is 9.36 Å². The van der Waals surface area contributed by atoms with Crippen molar-refractivity contribution in [2.24, 2.45) is 4.99 Å². The van der Waals surface area contributed by atoms with Gasteiger partial charge in [0.25, 0.3) is 5.56 Å². The van der Waals surface area contributed by atoms with Crippen molar-refractivity contribution < 1.29 is 23.7 Å². The minimum Gasteiger partial charge on any atom is -0.488 e. The largest absolute Gasteiger partial charge is 0.488 e. The maximum atomic E-state index is 13.8. The number of hydrogen-bond acceptors (Lipinski definition) is 8. The van der Waals surface area contributed by atoms with E-state index < -0.39 is 12.0 Å². The highest BCUT2D eigenvalue weighted by molar-refractivity contribution is 9.10. The van der Waals surface area contributed by atoms with Gasteiger partial charge >= 0.3 is 5.97 Å². The predicted molar refractivity (Wildman–Crippen MR) is 143 cm³/mol. The van der Waals surface area contributed by atoms with Crippen LogP contribution in [0.4, 0.5) is 0 Å². The summed E-state index contributed by atoms with van der Waals surface area (Å²) in [5, 5.41) is 0. The van der Waals surface area contributed by atoms with Crippen molar-refractivity contribution in [3.05, 3.63) is 95.6 Å². The van der Waals surface area contributed by atoms with E-state index in [9.17, 15) is 9.59 Å². The van der Waals surface area contributed by atoms with Gasteiger partial charge in [0.15, 0.2) is 16.3 Å². The van der Waals surface area contributed by atoms with Crippen LogP contribution in [0.3, 0.4) is 0 Å². The van der Waals surface area contributed by atoms with E-state index in [1.54, 1.807) is 42.7 Å². The summed E-state index contributed by atoms with van der Waals surface area (Å²) in [6.45, 7) is 7.86. The molecule has 10 heteroatoms. The van der Waals surface area contributed by atoms with Gasteiger partial charge < -0.3 is 18.9 Å². The van der Waals surface area contributed by atoms with Crippen LogP contribution in [0.15, 0.2) is 74.6 Å². The number of carbonyl (C=O) groups is 1. The zero-order valence-electron chi connectivity index (χ0n) is 20.2. The average molecular weight is 583 g/mol. The van der Waals surface area contributed by atoms with E-state index in [2.05, 4.69) is 27.5 Å². The summed E-state index contributed by atoms with van der Waals surface area (Å²) < 4.78 is 24.8. The Labute approximate surface area is 224 Å². The molecule has 0 spiro atoms. The van der Waals surface area contributed by atoms with Crippen LogP contribution in [0.2, 0.25) is 0 Å². The van der Waals surface area contributed by atoms with Crippen LogP contribution < -0.4 is 29.1 Å². The Bertz CT molecular complexity index is 1620. The number of ether oxygens (including phenoxy) is 4. The second-order valence-electron chi connectivity index (χ2n) is 8.20. The van der Waals surface area contributed by atoms with Crippen molar-refractivity contribution in [3.8, 4) is 17.2 Å². The molecule has 3 heterocycles. The fourth-order valence-electron chi connectivity index (χ4n) is 4.21. The summed E-state index contributed by atoms with van der Waals surface area (Å²) >= 11 is 4.78. The molecule has 0 unspecified atom stereocenters. The number of fused-ring (bicyclic) bond motifs is 2. The molecule has 0 aliphatic carbocycles. The Hall–Kier alpha value is -3.63. The Morgan fingerprint density at radius 3 is 2.84 bits per heavy atom. The van der Waals surface area contributed by atoms with Crippen LogP contribution in [-0.4, -0.2) is 30.5 Å². The van der Waals surface area contributed by atoms with E-state index >= 15 is 0 Å². The molecule has 1 atom stereocenters. The molecule has 1 aromatic heterocycles. The van der Waals surface area contributed by atoms with Gasteiger partial charge in [-0.15, -0.1) is 0 Å². The summed E-state index contributed by atoms with van der Waals surface area (Å²) in [7, 11) is 0. The lowest BCUT2D eigenvalue weighted by Crippen LogP contribution is -2.39. The molecule has 0 saturated heterocycles. The van der Waals surface area contributed by atoms with Crippen molar-refractivity contribution in [2.45, 2.75) is 19.9 Å². The molecule has 2 aliphatic rings. The molecular weight excluding hydrogens is 560 g/mol. The monoisotopic (exact) mass is 582 g/mol. The molecular formula is C27H23BrN2O6S. The van der Waals surface area contributed by atoms with Crippen LogP contribution in [0.1, 0.15) is 31.0 Å². The van der Waals surface area contributed by atoms with Crippen LogP contribution in [0.25, 0.3) is 6.08 Å². The van der Waals surface area contributed by atoms with E-state index in [0.717, 1.165) is 10.0 Å². The van der Waals surface area contributed by atoms with Gasteiger partial charge in [-0.25, -0.2) is 9.79 Å². The second kappa shape index (κ2) is 10.4. The van der Waals surface area contributed by atoms with Crippen molar-refractivity contribution in [1.29, 1.82) is 0 Å². The molecule has 8 nitrogen and oxygen atoms in total. The normalized spacial score (nSPS) is 16.3. The van der Waals surface area contributed by atoms with Crippen molar-refractivity contribution >= 4 is 39.3 Å². The van der Waals surface area contributed by atoms with Gasteiger partial charge in [-0.1, -0.05) is 36.1 Å². The number of esters is 1. The quantitative estimate of drug-likeness (QED) is 0.310. The number of thiazole rings is 1. The highest BCUT2D eigenvalue weighted by Gasteiger charge is 2.34. The molecule has 5 rings (SSSR count). The highest BCUT2D eigenvalue weighted by Crippen LogP contribution is 2.38. The van der Waals surface area contributed by atoms with Crippen LogP contribution >= 0.6 is 27.3 Å². The number of aromatic nitrogens is 1. The van der Waals surface area contributed by atoms with Gasteiger partial charge in [0, 0.05) is 0 Å². The molecule has 2 aromatic carbocycles. The van der Waals surface area contributed by atoms with Gasteiger partial charge in [-0.2, -0.15) is 0 Å². The van der Waals surface area contributed by atoms with Crippen LogP contribution in [0.5, 0.6) is 17.2 Å². The lowest BCUT2D eigenvalue weighted by atomic mass is 9.95. The third-order valence-corrected chi connectivity index (χ3v) is 7.44. The second-order valence-corrected chi connectivity index (χ2v) is 10.1. The fourth-order valence-corrected chi connectivity index (χ4v) is 5.77. The number of benzene rings is 2. The maximum Gasteiger partial charge on any atom is 0.338 e. The number of nitrogens with zero attached hydrogens (tertiary/aromatic N) is 2. The molecule has 0 saturated carbocycles. The Morgan fingerprint density at radius 1 is 1.27 bits per heavy atom. The van der Waals surface area contributed by atoms with Crippen LogP contribution in [0, 0.1) is 0 Å². The Balaban J connectivity index is 1.65. The Kier molecular flexibility index (Phi) is 7.03. The van der Waals surface area contributed by atoms with Crippen LogP contribution in [-0.2, 0) is 9.53 Å². The molecule has 2 aliphatic heterocycles. The zero-order valence-corrected chi connectivity index (χ0v) is 22.6. The maximum absolute atomic E-state index is 13.8. The first-order chi connectivity index (χ1) is 17.9. The smallest absolute Gasteiger partial charge is 0.338 e. The van der Waals surface area contributed by atoms with Crippen molar-refractivity contribution in [1.82, 2.24) is 4.57 Å². The zero-order chi connectivity index (χ0) is 26.1. The Morgan fingerprint density at radius 2 is 2.08 bits per heavy atom. The fraction of sp³-hybridized carbons (Fsp3) is 0.222. The first-order valence-corrected chi connectivity index (χ1v) is 13.1. The lowest BCUT2D eigenvalue weighted by Gasteiger charge is -2.24. The first kappa shape index (κ1) is 25.0. The van der Waals surface area contributed by atoms with E-state index in [0.29, 0.717) is 50.0 Å². The third kappa shape index (κ3) is 4.74. The summed E-state index contributed by atoms with van der Waals surface area (Å²) in [6, 6.07) is 10.2. The topological polar surface area (TPSA) is 88.3 Å². The summed E-state index contributed by atoms with van der Waals surface area (Å²) in [6.07, 6.45) is 3.47. The summed E-state index contributed by atoms with van der Waals surface area (Å²) in [5.41, 5.74) is 2.06. The number of allylic oxidation sites excluding steroid dienone is 1. The molecule has 3 aromatic rings. The van der Waals surface area contributed by atoms with Gasteiger partial charge in [0.2, 0.25) is 6.79 Å². The summed E-state index contributed by atoms with van der Waals surface area (Å²) in [5.74, 6) is 1.33. The molecule has 190 valence electrons. The van der Waals surface area contributed by atoms with E-state index in [1.165, 1.54) is 11.3 Å². The van der Waals surface area contributed by atoms with Crippen molar-refractivity contribution in [3.63, 3.8) is 0 Å². The minimum atomic E-state index is -0.728. The van der Waals surface area contributed by atoms with Crippen molar-refractivity contribution in [2.75, 3.05) is 20.0 Å². The average Bonchev–Trinajstić information content (AvgIpc) is 3.46. The van der Waals surface area contributed by atoms with E-state index in [4.69, 9.17) is 18.9 Å². The third-order valence-electron chi connectivity index (χ3n) is 5.84. The molecule has 0 amide bonds. The first-order valence-electron chi connectivity index (χ1n) is 11.5. The summed E-state index contributed by atoms with van der Waals surface area (Å²) in [4.78, 5) is 31.9. The molecule has 37 heavy (non-hydrogen) atoms. The molecule has 0 bridgehead atoms. The minimum absolute atomic E-state index is 0.119. The van der Waals surface area contributed by atoms with E-state index in [-0.39, 0.29) is 19.0 Å². The number of hydrogen-bond donors (Lipinski definition) is 0. The highest BCUT2D eigenvalue weighted by atomic mass is 79.9. The SMILES string of the molecule is C=CCOc1ccc(/C=c2\sc3n(c2=O)[C@H](c2ccc4c(c2)OCO4)C(C(=O)OCC)=C(C)N=3)cc1Br. The number of carbonyl (C=O) groups excluding carboxylic acids is 1. The standard InChI is InChI=1S/C27H23BrN2O6S/c1-4-10-34-19-8-6-16(11-18(19)28)12-22-25(31)30-24(17-7-9-20-21(13-17)36-14-35-20)23(26(32)33-5-2)15(3)29-27(30)37-22/h4,6-9,11-13,24H,1,5,10,14H2,2-3H3/b22-12-/t24-/m1/s1. The number of halogens is 1. The molecule has 0 fully saturated rings. The lowest BCUT2D eigenvalue weighted by molar-refractivity contribution is -0.139. The molecule has 0 N–H and O–H groups in total. The van der Waals surface area contributed by atoms with Gasteiger partial charge in [0.1, 0.15) is 12.4 Å². The van der Waals surface area contributed by atoms with Gasteiger partial charge in [0.05, 0.1) is 32.9 Å².